The van der Waals surface area contributed by atoms with Crippen LogP contribution in [0.25, 0.3) is 5.65 Å². The van der Waals surface area contributed by atoms with E-state index in [1.807, 2.05) is 18.2 Å². The van der Waals surface area contributed by atoms with Crippen molar-refractivity contribution in [1.82, 2.24) is 9.38 Å². The normalized spacial score (nSPS) is 14.4. The summed E-state index contributed by atoms with van der Waals surface area (Å²) in [4.78, 5) is 19.6. The summed E-state index contributed by atoms with van der Waals surface area (Å²) >= 11 is 1.77. The van der Waals surface area contributed by atoms with E-state index in [1.54, 1.807) is 21.9 Å². The molecule has 4 heterocycles. The number of aromatic nitrogens is 2. The van der Waals surface area contributed by atoms with Gasteiger partial charge >= 0.3 is 5.97 Å². The molecule has 0 aliphatic carbocycles. The third-order valence-electron chi connectivity index (χ3n) is 3.82. The molecule has 0 saturated carbocycles. The number of rotatable bonds is 2. The quantitative estimate of drug-likeness (QED) is 0.790. The number of thiophene rings is 1. The predicted octanol–water partition coefficient (Wildman–Crippen LogP) is 2.66. The van der Waals surface area contributed by atoms with E-state index in [0.717, 1.165) is 19.5 Å². The van der Waals surface area contributed by atoms with Crippen LogP contribution >= 0.6 is 11.3 Å². The van der Waals surface area contributed by atoms with Gasteiger partial charge in [-0.1, -0.05) is 6.07 Å². The van der Waals surface area contributed by atoms with Crippen LogP contribution < -0.4 is 4.90 Å². The van der Waals surface area contributed by atoms with Gasteiger partial charge in [0.25, 0.3) is 0 Å². The molecule has 3 aromatic rings. The Bertz CT molecular complexity index is 836. The number of carboxylic acids is 1. The highest BCUT2D eigenvalue weighted by Gasteiger charge is 2.26. The van der Waals surface area contributed by atoms with E-state index in [-0.39, 0.29) is 5.69 Å². The van der Waals surface area contributed by atoms with E-state index >= 15 is 0 Å². The Labute approximate surface area is 125 Å². The molecule has 0 atom stereocenters. The lowest BCUT2D eigenvalue weighted by atomic mass is 10.1. The van der Waals surface area contributed by atoms with E-state index in [0.29, 0.717) is 11.5 Å². The smallest absolute Gasteiger partial charge is 0.356 e. The fraction of sp³-hybridized carbons (Fsp3) is 0.200. The summed E-state index contributed by atoms with van der Waals surface area (Å²) in [5, 5.41) is 11.6. The summed E-state index contributed by atoms with van der Waals surface area (Å²) < 4.78 is 1.64. The third-order valence-corrected chi connectivity index (χ3v) is 4.84. The monoisotopic (exact) mass is 299 g/mol. The van der Waals surface area contributed by atoms with Crippen molar-refractivity contribution in [3.63, 3.8) is 0 Å². The minimum absolute atomic E-state index is 0.240. The van der Waals surface area contributed by atoms with Gasteiger partial charge in [0.15, 0.2) is 11.5 Å². The van der Waals surface area contributed by atoms with Gasteiger partial charge < -0.3 is 10.0 Å². The lowest BCUT2D eigenvalue weighted by Crippen LogP contribution is -2.31. The number of pyridine rings is 1. The largest absolute Gasteiger partial charge is 0.476 e. The van der Waals surface area contributed by atoms with Gasteiger partial charge in [-0.15, -0.1) is 11.3 Å². The molecule has 5 nitrogen and oxygen atoms in total. The first-order valence-electron chi connectivity index (χ1n) is 6.74. The van der Waals surface area contributed by atoms with Crippen LogP contribution in [-0.2, 0) is 13.0 Å². The number of carbonyl (C=O) groups is 1. The van der Waals surface area contributed by atoms with Crippen molar-refractivity contribution in [3.8, 4) is 0 Å². The van der Waals surface area contributed by atoms with Gasteiger partial charge in [-0.25, -0.2) is 9.78 Å². The average molecular weight is 299 g/mol. The van der Waals surface area contributed by atoms with Crippen LogP contribution in [0.15, 0.2) is 35.8 Å². The zero-order chi connectivity index (χ0) is 14.4. The number of fused-ring (bicyclic) bond motifs is 2. The number of hydrogen-bond acceptors (Lipinski definition) is 4. The molecule has 0 spiro atoms. The average Bonchev–Trinajstić information content (AvgIpc) is 3.10. The van der Waals surface area contributed by atoms with E-state index in [2.05, 4.69) is 21.3 Å². The number of aromatic carboxylic acids is 1. The van der Waals surface area contributed by atoms with Crippen molar-refractivity contribution in [3.05, 3.63) is 52.0 Å². The molecule has 4 rings (SSSR count). The SMILES string of the molecule is O=C(O)c1c(N2CCc3sccc3C2)nc2ccccn12. The molecule has 1 N–H and O–H groups in total. The summed E-state index contributed by atoms with van der Waals surface area (Å²) in [5.41, 5.74) is 2.19. The van der Waals surface area contributed by atoms with Crippen molar-refractivity contribution < 1.29 is 9.90 Å². The molecular formula is C15H13N3O2S. The summed E-state index contributed by atoms with van der Waals surface area (Å²) in [6, 6.07) is 7.63. The number of nitrogens with zero attached hydrogens (tertiary/aromatic N) is 3. The molecule has 0 unspecified atom stereocenters. The second-order valence-corrected chi connectivity index (χ2v) is 6.06. The van der Waals surface area contributed by atoms with E-state index in [1.165, 1.54) is 10.4 Å². The highest BCUT2D eigenvalue weighted by molar-refractivity contribution is 7.10. The Hall–Kier alpha value is -2.34. The number of imidazole rings is 1. The third kappa shape index (κ3) is 1.91. The van der Waals surface area contributed by atoms with Crippen molar-refractivity contribution in [1.29, 1.82) is 0 Å². The van der Waals surface area contributed by atoms with Gasteiger partial charge in [-0.2, -0.15) is 0 Å². The lowest BCUT2D eigenvalue weighted by Gasteiger charge is -2.27. The Balaban J connectivity index is 1.84. The van der Waals surface area contributed by atoms with Crippen LogP contribution in [0.3, 0.4) is 0 Å². The maximum atomic E-state index is 11.6. The van der Waals surface area contributed by atoms with Crippen LogP contribution in [0, 0.1) is 0 Å². The van der Waals surface area contributed by atoms with Crippen LogP contribution in [0.5, 0.6) is 0 Å². The second-order valence-electron chi connectivity index (χ2n) is 5.06. The van der Waals surface area contributed by atoms with Crippen molar-refractivity contribution >= 4 is 28.8 Å². The van der Waals surface area contributed by atoms with E-state index in [4.69, 9.17) is 0 Å². The highest BCUT2D eigenvalue weighted by atomic mass is 32.1. The van der Waals surface area contributed by atoms with Gasteiger partial charge in [-0.3, -0.25) is 4.40 Å². The zero-order valence-corrected chi connectivity index (χ0v) is 12.0. The molecule has 1 aliphatic rings. The molecule has 0 bridgehead atoms. The molecule has 1 aliphatic heterocycles. The molecule has 6 heteroatoms. The van der Waals surface area contributed by atoms with Gasteiger partial charge in [0.1, 0.15) is 5.65 Å². The molecular weight excluding hydrogens is 286 g/mol. The summed E-state index contributed by atoms with van der Waals surface area (Å²) in [5.74, 6) is -0.384. The summed E-state index contributed by atoms with van der Waals surface area (Å²) in [6.45, 7) is 1.53. The minimum Gasteiger partial charge on any atom is -0.476 e. The zero-order valence-electron chi connectivity index (χ0n) is 11.2. The first-order valence-corrected chi connectivity index (χ1v) is 7.62. The first-order chi connectivity index (χ1) is 10.2. The number of carboxylic acid groups (broad SMARTS) is 1. The van der Waals surface area contributed by atoms with Crippen molar-refractivity contribution in [2.75, 3.05) is 11.4 Å². The van der Waals surface area contributed by atoms with Crippen LogP contribution in [0.4, 0.5) is 5.82 Å². The van der Waals surface area contributed by atoms with E-state index in [9.17, 15) is 9.90 Å². The predicted molar refractivity (Wildman–Crippen MR) is 81.2 cm³/mol. The summed E-state index contributed by atoms with van der Waals surface area (Å²) in [6.07, 6.45) is 2.69. The minimum atomic E-state index is -0.945. The molecule has 0 aromatic carbocycles. The molecule has 106 valence electrons. The Kier molecular flexibility index (Phi) is 2.71. The van der Waals surface area contributed by atoms with Gasteiger partial charge in [0.2, 0.25) is 0 Å². The highest BCUT2D eigenvalue weighted by Crippen LogP contribution is 2.29. The van der Waals surface area contributed by atoms with E-state index < -0.39 is 5.97 Å². The number of anilines is 1. The number of hydrogen-bond donors (Lipinski definition) is 1. The molecule has 21 heavy (non-hydrogen) atoms. The lowest BCUT2D eigenvalue weighted by molar-refractivity contribution is 0.0690. The fourth-order valence-corrected chi connectivity index (χ4v) is 3.72. The van der Waals surface area contributed by atoms with Gasteiger partial charge in [0.05, 0.1) is 0 Å². The maximum Gasteiger partial charge on any atom is 0.356 e. The van der Waals surface area contributed by atoms with Gasteiger partial charge in [0, 0.05) is 24.2 Å². The Morgan fingerprint density at radius 2 is 2.24 bits per heavy atom. The Morgan fingerprint density at radius 3 is 3.10 bits per heavy atom. The Morgan fingerprint density at radius 1 is 1.33 bits per heavy atom. The van der Waals surface area contributed by atoms with Crippen molar-refractivity contribution in [2.45, 2.75) is 13.0 Å². The molecule has 0 fully saturated rings. The van der Waals surface area contributed by atoms with Crippen LogP contribution in [0.2, 0.25) is 0 Å². The van der Waals surface area contributed by atoms with Crippen molar-refractivity contribution in [2.24, 2.45) is 0 Å². The first kappa shape index (κ1) is 12.4. The maximum absolute atomic E-state index is 11.6. The van der Waals surface area contributed by atoms with Gasteiger partial charge in [-0.05, 0) is 35.6 Å². The van der Waals surface area contributed by atoms with Crippen LogP contribution in [-0.4, -0.2) is 27.0 Å². The molecule has 0 amide bonds. The standard InChI is InChI=1S/C15H13N3O2S/c19-15(20)13-14(16-12-3-1-2-6-18(12)13)17-7-4-11-10(9-17)5-8-21-11/h1-3,5-6,8H,4,7,9H2,(H,19,20). The second kappa shape index (κ2) is 4.60. The summed E-state index contributed by atoms with van der Waals surface area (Å²) in [7, 11) is 0. The molecule has 3 aromatic heterocycles. The molecule has 0 saturated heterocycles. The fourth-order valence-electron chi connectivity index (χ4n) is 2.83. The van der Waals surface area contributed by atoms with Crippen LogP contribution in [0.1, 0.15) is 20.9 Å². The molecule has 0 radical (unpaired) electrons. The topological polar surface area (TPSA) is 57.8 Å².